The Kier molecular flexibility index (Phi) is 5.71. The predicted molar refractivity (Wildman–Crippen MR) is 107 cm³/mol. The molecule has 3 rings (SSSR count). The first-order valence-electron chi connectivity index (χ1n) is 7.74. The summed E-state index contributed by atoms with van der Waals surface area (Å²) in [5, 5.41) is 3.26. The van der Waals surface area contributed by atoms with Crippen LogP contribution in [0.5, 0.6) is 0 Å². The Morgan fingerprint density at radius 2 is 2.08 bits per heavy atom. The normalized spacial score (nSPS) is 23.7. The third kappa shape index (κ3) is 4.64. The van der Waals surface area contributed by atoms with Crippen LogP contribution in [-0.4, -0.2) is 53.5 Å². The zero-order valence-corrected chi connectivity index (χ0v) is 16.7. The molecule has 2 amide bonds. The lowest BCUT2D eigenvalue weighted by molar-refractivity contribution is -0.129. The van der Waals surface area contributed by atoms with Crippen molar-refractivity contribution in [2.45, 2.75) is 12.5 Å². The lowest BCUT2D eigenvalue weighted by Gasteiger charge is -2.16. The Hall–Kier alpha value is -1.42. The summed E-state index contributed by atoms with van der Waals surface area (Å²) in [6.45, 7) is -0.223. The van der Waals surface area contributed by atoms with Gasteiger partial charge < -0.3 is 5.32 Å². The van der Waals surface area contributed by atoms with E-state index in [-0.39, 0.29) is 24.0 Å². The van der Waals surface area contributed by atoms with Gasteiger partial charge in [0, 0.05) is 11.1 Å². The quantitative estimate of drug-likeness (QED) is 0.579. The van der Waals surface area contributed by atoms with Gasteiger partial charge in [0.2, 0.25) is 5.91 Å². The van der Waals surface area contributed by atoms with Gasteiger partial charge in [0.15, 0.2) is 9.84 Å². The number of hydrogen-bond acceptors (Lipinski definition) is 6. The minimum absolute atomic E-state index is 0.0619. The Bertz CT molecular complexity index is 897. The van der Waals surface area contributed by atoms with Crippen molar-refractivity contribution in [2.75, 3.05) is 18.1 Å². The van der Waals surface area contributed by atoms with Crippen LogP contribution in [0.15, 0.2) is 29.2 Å². The van der Waals surface area contributed by atoms with Crippen LogP contribution in [-0.2, 0) is 19.4 Å². The number of nitrogens with zero attached hydrogens (tertiary/aromatic N) is 1. The summed E-state index contributed by atoms with van der Waals surface area (Å²) >= 11 is 12.2. The van der Waals surface area contributed by atoms with E-state index in [0.717, 1.165) is 17.3 Å². The van der Waals surface area contributed by atoms with Gasteiger partial charge in [0.25, 0.3) is 5.91 Å². The monoisotopic (exact) mass is 430 g/mol. The molecule has 0 spiro atoms. The molecule has 6 nitrogen and oxygen atoms in total. The van der Waals surface area contributed by atoms with E-state index in [4.69, 9.17) is 23.8 Å². The van der Waals surface area contributed by atoms with Gasteiger partial charge in [0.05, 0.1) is 16.4 Å². The molecule has 1 atom stereocenters. The first kappa shape index (κ1) is 19.3. The van der Waals surface area contributed by atoms with Gasteiger partial charge in [-0.1, -0.05) is 47.7 Å². The lowest BCUT2D eigenvalue weighted by Crippen LogP contribution is -2.43. The fourth-order valence-electron chi connectivity index (χ4n) is 2.67. The van der Waals surface area contributed by atoms with Gasteiger partial charge in [-0.05, 0) is 30.2 Å². The lowest BCUT2D eigenvalue weighted by atomic mass is 10.2. The molecule has 1 aromatic carbocycles. The van der Waals surface area contributed by atoms with Gasteiger partial charge >= 0.3 is 0 Å². The molecular weight excluding hydrogens is 416 g/mol. The Morgan fingerprint density at radius 1 is 1.38 bits per heavy atom. The third-order valence-corrected chi connectivity index (χ3v) is 7.34. The minimum atomic E-state index is -3.08. The molecule has 0 bridgehead atoms. The number of benzene rings is 1. The van der Waals surface area contributed by atoms with E-state index < -0.39 is 21.8 Å². The number of nitrogens with one attached hydrogen (secondary N) is 1. The zero-order chi connectivity index (χ0) is 18.9. The SMILES string of the molecule is O=C(CN1C(=O)C(=Cc2ccc(Cl)cc2)SC1=S)NC1CCS(=O)(=O)C1. The number of carbonyl (C=O) groups excluding carboxylic acids is 2. The van der Waals surface area contributed by atoms with Crippen LogP contribution >= 0.6 is 35.6 Å². The minimum Gasteiger partial charge on any atom is -0.351 e. The van der Waals surface area contributed by atoms with Crippen LogP contribution in [0.1, 0.15) is 12.0 Å². The number of amides is 2. The molecule has 1 unspecified atom stereocenters. The molecule has 0 saturated carbocycles. The van der Waals surface area contributed by atoms with Gasteiger partial charge in [-0.25, -0.2) is 8.42 Å². The summed E-state index contributed by atoms with van der Waals surface area (Å²) in [5.74, 6) is -0.753. The van der Waals surface area contributed by atoms with Crippen molar-refractivity contribution in [1.82, 2.24) is 10.2 Å². The second-order valence-electron chi connectivity index (χ2n) is 5.99. The largest absolute Gasteiger partial charge is 0.351 e. The van der Waals surface area contributed by atoms with Gasteiger partial charge in [0.1, 0.15) is 10.9 Å². The smallest absolute Gasteiger partial charge is 0.266 e. The van der Waals surface area contributed by atoms with E-state index in [0.29, 0.717) is 20.7 Å². The molecule has 0 aromatic heterocycles. The van der Waals surface area contributed by atoms with Crippen molar-refractivity contribution in [3.8, 4) is 0 Å². The second kappa shape index (κ2) is 7.67. The van der Waals surface area contributed by atoms with Crippen LogP contribution in [0, 0.1) is 0 Å². The third-order valence-electron chi connectivity index (χ3n) is 3.94. The molecule has 0 aliphatic carbocycles. The van der Waals surface area contributed by atoms with E-state index in [1.807, 2.05) is 0 Å². The number of rotatable bonds is 4. The van der Waals surface area contributed by atoms with E-state index in [2.05, 4.69) is 5.32 Å². The van der Waals surface area contributed by atoms with Crippen molar-refractivity contribution < 1.29 is 18.0 Å². The number of sulfone groups is 1. The Balaban J connectivity index is 1.63. The molecule has 1 aromatic rings. The maximum atomic E-state index is 12.5. The molecule has 2 aliphatic rings. The van der Waals surface area contributed by atoms with E-state index in [1.54, 1.807) is 30.3 Å². The molecule has 2 aliphatic heterocycles. The fourth-order valence-corrected chi connectivity index (χ4v) is 5.73. The van der Waals surface area contributed by atoms with Crippen LogP contribution in [0.25, 0.3) is 6.08 Å². The molecule has 1 N–H and O–H groups in total. The van der Waals surface area contributed by atoms with E-state index in [1.165, 1.54) is 4.90 Å². The molecule has 10 heteroatoms. The van der Waals surface area contributed by atoms with Gasteiger partial charge in [-0.2, -0.15) is 0 Å². The van der Waals surface area contributed by atoms with Crippen LogP contribution < -0.4 is 5.32 Å². The highest BCUT2D eigenvalue weighted by Gasteiger charge is 2.35. The summed E-state index contributed by atoms with van der Waals surface area (Å²) in [5.41, 5.74) is 0.801. The van der Waals surface area contributed by atoms with Gasteiger partial charge in [-0.15, -0.1) is 0 Å². The molecule has 2 saturated heterocycles. The number of carbonyl (C=O) groups is 2. The maximum absolute atomic E-state index is 12.5. The predicted octanol–water partition coefficient (Wildman–Crippen LogP) is 1.84. The molecular formula is C16H15ClN2O4S3. The van der Waals surface area contributed by atoms with E-state index in [9.17, 15) is 18.0 Å². The Labute approximate surface area is 165 Å². The average Bonchev–Trinajstić information content (AvgIpc) is 3.03. The van der Waals surface area contributed by atoms with Crippen molar-refractivity contribution >= 4 is 67.6 Å². The summed E-state index contributed by atoms with van der Waals surface area (Å²) in [6.07, 6.45) is 2.08. The van der Waals surface area contributed by atoms with Gasteiger partial charge in [-0.3, -0.25) is 14.5 Å². The highest BCUT2D eigenvalue weighted by Crippen LogP contribution is 2.32. The molecule has 138 valence electrons. The van der Waals surface area contributed by atoms with Crippen molar-refractivity contribution in [3.63, 3.8) is 0 Å². The summed E-state index contributed by atoms with van der Waals surface area (Å²) in [7, 11) is -3.08. The van der Waals surface area contributed by atoms with E-state index >= 15 is 0 Å². The Morgan fingerprint density at radius 3 is 2.69 bits per heavy atom. The van der Waals surface area contributed by atoms with Crippen LogP contribution in [0.4, 0.5) is 0 Å². The van der Waals surface area contributed by atoms with Crippen molar-refractivity contribution in [2.24, 2.45) is 0 Å². The first-order valence-corrected chi connectivity index (χ1v) is 11.2. The van der Waals surface area contributed by atoms with Crippen molar-refractivity contribution in [3.05, 3.63) is 39.8 Å². The highest BCUT2D eigenvalue weighted by atomic mass is 35.5. The van der Waals surface area contributed by atoms with Crippen LogP contribution in [0.2, 0.25) is 5.02 Å². The summed E-state index contributed by atoms with van der Waals surface area (Å²) in [6, 6.07) is 6.59. The average molecular weight is 431 g/mol. The highest BCUT2D eigenvalue weighted by molar-refractivity contribution is 8.26. The topological polar surface area (TPSA) is 83.6 Å². The molecule has 0 radical (unpaired) electrons. The second-order valence-corrected chi connectivity index (χ2v) is 10.3. The number of thiocarbonyl (C=S) groups is 1. The molecule has 2 heterocycles. The van der Waals surface area contributed by atoms with Crippen LogP contribution in [0.3, 0.4) is 0 Å². The molecule has 26 heavy (non-hydrogen) atoms. The number of halogens is 1. The summed E-state index contributed by atoms with van der Waals surface area (Å²) < 4.78 is 23.2. The zero-order valence-electron chi connectivity index (χ0n) is 13.5. The number of hydrogen-bond donors (Lipinski definition) is 1. The summed E-state index contributed by atoms with van der Waals surface area (Å²) in [4.78, 5) is 26.3. The fraction of sp³-hybridized carbons (Fsp3) is 0.312. The standard InChI is InChI=1S/C16H15ClN2O4S3/c17-11-3-1-10(2-4-11)7-13-15(21)19(16(24)25-13)8-14(20)18-12-5-6-26(22,23)9-12/h1-4,7,12H,5-6,8-9H2,(H,18,20). The molecule has 2 fully saturated rings. The van der Waals surface area contributed by atoms with Crippen molar-refractivity contribution in [1.29, 1.82) is 0 Å². The first-order chi connectivity index (χ1) is 12.2. The maximum Gasteiger partial charge on any atom is 0.266 e. The number of thioether (sulfide) groups is 1.